The molecule has 0 saturated heterocycles. The largest absolute Gasteiger partial charge is 0.385 e. The Kier molecular flexibility index (Phi) is 8.04. The normalized spacial score (nSPS) is 10.6. The van der Waals surface area contributed by atoms with E-state index in [-0.39, 0.29) is 10.7 Å². The molecule has 0 aliphatic rings. The first-order valence-electron chi connectivity index (χ1n) is 6.81. The van der Waals surface area contributed by atoms with Gasteiger partial charge in [-0.25, -0.2) is 0 Å². The molecule has 0 unspecified atom stereocenters. The van der Waals surface area contributed by atoms with Crippen molar-refractivity contribution in [3.63, 3.8) is 0 Å². The van der Waals surface area contributed by atoms with E-state index in [0.717, 1.165) is 30.6 Å². The number of nitrogens with one attached hydrogen (secondary N) is 1. The van der Waals surface area contributed by atoms with Crippen LogP contribution in [-0.2, 0) is 9.47 Å². The molecule has 0 aliphatic heterocycles. The van der Waals surface area contributed by atoms with Gasteiger partial charge < -0.3 is 14.8 Å². The first kappa shape index (κ1) is 17.7. The number of unbranched alkanes of at least 4 members (excludes halogenated alkanes) is 1. The number of rotatable bonds is 10. The fourth-order valence-electron chi connectivity index (χ4n) is 1.79. The third-order valence-corrected chi connectivity index (χ3v) is 3.26. The van der Waals surface area contributed by atoms with Crippen LogP contribution in [0.25, 0.3) is 0 Å². The lowest BCUT2D eigenvalue weighted by atomic mass is 10.1. The van der Waals surface area contributed by atoms with Crippen molar-refractivity contribution in [2.24, 2.45) is 0 Å². The van der Waals surface area contributed by atoms with Gasteiger partial charge in [0.2, 0.25) is 0 Å². The van der Waals surface area contributed by atoms with Crippen LogP contribution in [0.2, 0.25) is 5.02 Å². The van der Waals surface area contributed by atoms with Gasteiger partial charge in [-0.15, -0.1) is 0 Å². The molecular formula is C14H21ClN2O4. The molecular weight excluding hydrogens is 296 g/mol. The predicted molar refractivity (Wildman–Crippen MR) is 83.3 cm³/mol. The molecule has 21 heavy (non-hydrogen) atoms. The van der Waals surface area contributed by atoms with E-state index in [9.17, 15) is 10.1 Å². The summed E-state index contributed by atoms with van der Waals surface area (Å²) in [5.74, 6) is 0. The molecule has 0 heterocycles. The Balaban J connectivity index is 2.32. The number of halogens is 1. The van der Waals surface area contributed by atoms with Crippen molar-refractivity contribution in [1.29, 1.82) is 0 Å². The standard InChI is InChI=1S/C14H21ClN2O4/c1-11-9-14(17(18)19)12(15)10-13(11)16-5-3-4-6-21-8-7-20-2/h9-10,16H,3-8H2,1-2H3. The lowest BCUT2D eigenvalue weighted by Gasteiger charge is -2.10. The van der Waals surface area contributed by atoms with Crippen LogP contribution in [0, 0.1) is 17.0 Å². The maximum Gasteiger partial charge on any atom is 0.288 e. The minimum Gasteiger partial charge on any atom is -0.385 e. The molecule has 118 valence electrons. The molecule has 1 rings (SSSR count). The van der Waals surface area contributed by atoms with Crippen molar-refractivity contribution in [2.45, 2.75) is 19.8 Å². The van der Waals surface area contributed by atoms with E-state index in [1.165, 1.54) is 6.07 Å². The van der Waals surface area contributed by atoms with Crippen LogP contribution in [0.3, 0.4) is 0 Å². The van der Waals surface area contributed by atoms with E-state index < -0.39 is 4.92 Å². The molecule has 0 aliphatic carbocycles. The van der Waals surface area contributed by atoms with E-state index >= 15 is 0 Å². The Morgan fingerprint density at radius 3 is 2.71 bits per heavy atom. The summed E-state index contributed by atoms with van der Waals surface area (Å²) in [6.45, 7) is 4.51. The highest BCUT2D eigenvalue weighted by molar-refractivity contribution is 6.33. The smallest absolute Gasteiger partial charge is 0.288 e. The number of methoxy groups -OCH3 is 1. The van der Waals surface area contributed by atoms with Crippen molar-refractivity contribution >= 4 is 23.0 Å². The van der Waals surface area contributed by atoms with Gasteiger partial charge in [0, 0.05) is 32.0 Å². The number of hydrogen-bond donors (Lipinski definition) is 1. The highest BCUT2D eigenvalue weighted by Gasteiger charge is 2.14. The molecule has 0 amide bonds. The topological polar surface area (TPSA) is 73.6 Å². The minimum absolute atomic E-state index is 0.0636. The second-order valence-electron chi connectivity index (χ2n) is 4.61. The molecule has 1 aromatic rings. The first-order valence-corrected chi connectivity index (χ1v) is 7.19. The van der Waals surface area contributed by atoms with Gasteiger partial charge in [0.25, 0.3) is 5.69 Å². The summed E-state index contributed by atoms with van der Waals surface area (Å²) in [6.07, 6.45) is 1.89. The molecule has 0 bridgehead atoms. The van der Waals surface area contributed by atoms with Crippen LogP contribution in [-0.4, -0.2) is 38.4 Å². The van der Waals surface area contributed by atoms with E-state index in [0.29, 0.717) is 19.8 Å². The molecule has 0 radical (unpaired) electrons. The Morgan fingerprint density at radius 1 is 1.29 bits per heavy atom. The Hall–Kier alpha value is -1.37. The molecule has 6 nitrogen and oxygen atoms in total. The van der Waals surface area contributed by atoms with Gasteiger partial charge in [0.1, 0.15) is 5.02 Å². The molecule has 0 aromatic heterocycles. The number of nitro groups is 1. The van der Waals surface area contributed by atoms with Gasteiger partial charge in [-0.05, 0) is 31.4 Å². The van der Waals surface area contributed by atoms with Crippen molar-refractivity contribution in [1.82, 2.24) is 0 Å². The number of ether oxygens (including phenoxy) is 2. The zero-order valence-electron chi connectivity index (χ0n) is 12.4. The lowest BCUT2D eigenvalue weighted by Crippen LogP contribution is -2.07. The summed E-state index contributed by atoms with van der Waals surface area (Å²) >= 11 is 5.89. The van der Waals surface area contributed by atoms with Gasteiger partial charge in [-0.2, -0.15) is 0 Å². The second-order valence-corrected chi connectivity index (χ2v) is 5.02. The van der Waals surface area contributed by atoms with Crippen molar-refractivity contribution < 1.29 is 14.4 Å². The molecule has 0 atom stereocenters. The third kappa shape index (κ3) is 6.29. The van der Waals surface area contributed by atoms with Crippen molar-refractivity contribution in [3.8, 4) is 0 Å². The highest BCUT2D eigenvalue weighted by atomic mass is 35.5. The number of nitrogens with zero attached hydrogens (tertiary/aromatic N) is 1. The highest BCUT2D eigenvalue weighted by Crippen LogP contribution is 2.30. The van der Waals surface area contributed by atoms with Gasteiger partial charge in [0.15, 0.2) is 0 Å². The predicted octanol–water partition coefficient (Wildman–Crippen LogP) is 3.41. The summed E-state index contributed by atoms with van der Waals surface area (Å²) in [5, 5.41) is 14.2. The number of anilines is 1. The Labute approximate surface area is 129 Å². The molecule has 1 aromatic carbocycles. The molecule has 0 saturated carbocycles. The quantitative estimate of drug-likeness (QED) is 0.407. The van der Waals surface area contributed by atoms with E-state index in [2.05, 4.69) is 5.32 Å². The number of hydrogen-bond acceptors (Lipinski definition) is 5. The summed E-state index contributed by atoms with van der Waals surface area (Å²) in [6, 6.07) is 3.09. The van der Waals surface area contributed by atoms with Crippen molar-refractivity contribution in [2.75, 3.05) is 38.8 Å². The SMILES string of the molecule is COCCOCCCCNc1cc(Cl)c([N+](=O)[O-])cc1C. The van der Waals surface area contributed by atoms with Crippen LogP contribution in [0.1, 0.15) is 18.4 Å². The minimum atomic E-state index is -0.476. The number of aryl methyl sites for hydroxylation is 1. The van der Waals surface area contributed by atoms with Crippen LogP contribution in [0.4, 0.5) is 11.4 Å². The third-order valence-electron chi connectivity index (χ3n) is 2.95. The molecule has 0 fully saturated rings. The average Bonchev–Trinajstić information content (AvgIpc) is 2.44. The zero-order chi connectivity index (χ0) is 15.7. The van der Waals surface area contributed by atoms with Crippen LogP contribution < -0.4 is 5.32 Å². The second kappa shape index (κ2) is 9.55. The Bertz CT molecular complexity index is 469. The van der Waals surface area contributed by atoms with Crippen molar-refractivity contribution in [3.05, 3.63) is 32.8 Å². The summed E-state index contributed by atoms with van der Waals surface area (Å²) in [4.78, 5) is 10.3. The van der Waals surface area contributed by atoms with E-state index in [4.69, 9.17) is 21.1 Å². The lowest BCUT2D eigenvalue weighted by molar-refractivity contribution is -0.384. The monoisotopic (exact) mass is 316 g/mol. The number of benzene rings is 1. The fourth-order valence-corrected chi connectivity index (χ4v) is 2.03. The Morgan fingerprint density at radius 2 is 2.05 bits per heavy atom. The van der Waals surface area contributed by atoms with E-state index in [1.807, 2.05) is 6.92 Å². The molecule has 0 spiro atoms. The summed E-state index contributed by atoms with van der Waals surface area (Å²) < 4.78 is 10.2. The molecule has 7 heteroatoms. The van der Waals surface area contributed by atoms with Crippen LogP contribution in [0.5, 0.6) is 0 Å². The fraction of sp³-hybridized carbons (Fsp3) is 0.571. The van der Waals surface area contributed by atoms with Gasteiger partial charge in [0.05, 0.1) is 18.1 Å². The summed E-state index contributed by atoms with van der Waals surface area (Å²) in [7, 11) is 1.64. The maximum absolute atomic E-state index is 10.8. The van der Waals surface area contributed by atoms with Gasteiger partial charge >= 0.3 is 0 Å². The van der Waals surface area contributed by atoms with Crippen LogP contribution in [0.15, 0.2) is 12.1 Å². The first-order chi connectivity index (χ1) is 10.1. The maximum atomic E-state index is 10.8. The number of nitro benzene ring substituents is 1. The average molecular weight is 317 g/mol. The van der Waals surface area contributed by atoms with Crippen LogP contribution >= 0.6 is 11.6 Å². The summed E-state index contributed by atoms with van der Waals surface area (Å²) in [5.41, 5.74) is 1.57. The zero-order valence-corrected chi connectivity index (χ0v) is 13.1. The van der Waals surface area contributed by atoms with Gasteiger partial charge in [-0.3, -0.25) is 10.1 Å². The van der Waals surface area contributed by atoms with E-state index in [1.54, 1.807) is 13.2 Å². The van der Waals surface area contributed by atoms with Gasteiger partial charge in [-0.1, -0.05) is 11.6 Å². The molecule has 1 N–H and O–H groups in total.